The van der Waals surface area contributed by atoms with E-state index >= 15 is 0 Å². The van der Waals surface area contributed by atoms with Crippen LogP contribution in [0.2, 0.25) is 0 Å². The SMILES string of the molecule is Cc1cc(C)n(C(C)CNC(=O)CCn2c(C)cccc2=O)n1. The van der Waals surface area contributed by atoms with Crippen molar-refractivity contribution in [3.8, 4) is 0 Å². The molecule has 0 aliphatic carbocycles. The summed E-state index contributed by atoms with van der Waals surface area (Å²) >= 11 is 0. The van der Waals surface area contributed by atoms with Gasteiger partial charge in [-0.15, -0.1) is 0 Å². The van der Waals surface area contributed by atoms with Crippen LogP contribution in [0.1, 0.15) is 36.5 Å². The van der Waals surface area contributed by atoms with E-state index in [1.165, 1.54) is 6.07 Å². The lowest BCUT2D eigenvalue weighted by Crippen LogP contribution is -2.32. The van der Waals surface area contributed by atoms with Crippen LogP contribution in [0.25, 0.3) is 0 Å². The molecule has 6 heteroatoms. The highest BCUT2D eigenvalue weighted by molar-refractivity contribution is 5.75. The Morgan fingerprint density at radius 2 is 2.00 bits per heavy atom. The van der Waals surface area contributed by atoms with E-state index in [4.69, 9.17) is 0 Å². The van der Waals surface area contributed by atoms with Gasteiger partial charge in [0.05, 0.1) is 11.7 Å². The first-order chi connectivity index (χ1) is 10.9. The molecule has 0 aliphatic rings. The predicted molar refractivity (Wildman–Crippen MR) is 89.5 cm³/mol. The Labute approximate surface area is 136 Å². The Morgan fingerprint density at radius 3 is 2.61 bits per heavy atom. The quantitative estimate of drug-likeness (QED) is 0.882. The minimum absolute atomic E-state index is 0.0615. The maximum absolute atomic E-state index is 12.0. The molecule has 0 fully saturated rings. The fourth-order valence-corrected chi connectivity index (χ4v) is 2.65. The molecule has 2 aromatic heterocycles. The molecule has 0 spiro atoms. The van der Waals surface area contributed by atoms with Crippen LogP contribution in [0.15, 0.2) is 29.1 Å². The van der Waals surface area contributed by atoms with Crippen LogP contribution in [0.5, 0.6) is 0 Å². The molecule has 1 unspecified atom stereocenters. The monoisotopic (exact) mass is 316 g/mol. The van der Waals surface area contributed by atoms with Gasteiger partial charge in [-0.3, -0.25) is 14.3 Å². The van der Waals surface area contributed by atoms with Gasteiger partial charge in [0, 0.05) is 37.0 Å². The normalized spacial score (nSPS) is 12.2. The van der Waals surface area contributed by atoms with Gasteiger partial charge in [-0.1, -0.05) is 6.07 Å². The van der Waals surface area contributed by atoms with Gasteiger partial charge < -0.3 is 9.88 Å². The zero-order valence-corrected chi connectivity index (χ0v) is 14.2. The van der Waals surface area contributed by atoms with Gasteiger partial charge in [0.25, 0.3) is 5.56 Å². The van der Waals surface area contributed by atoms with Crippen molar-refractivity contribution in [3.63, 3.8) is 0 Å². The molecule has 23 heavy (non-hydrogen) atoms. The van der Waals surface area contributed by atoms with Crippen LogP contribution in [0.4, 0.5) is 0 Å². The Hall–Kier alpha value is -2.37. The van der Waals surface area contributed by atoms with Gasteiger partial charge in [-0.05, 0) is 39.8 Å². The summed E-state index contributed by atoms with van der Waals surface area (Å²) in [5.41, 5.74) is 2.84. The van der Waals surface area contributed by atoms with E-state index in [-0.39, 0.29) is 23.9 Å². The van der Waals surface area contributed by atoms with Crippen LogP contribution in [0, 0.1) is 20.8 Å². The minimum atomic E-state index is -0.0752. The molecule has 124 valence electrons. The summed E-state index contributed by atoms with van der Waals surface area (Å²) in [4.78, 5) is 23.8. The highest BCUT2D eigenvalue weighted by Gasteiger charge is 2.11. The molecule has 2 aromatic rings. The summed E-state index contributed by atoms with van der Waals surface area (Å²) in [7, 11) is 0. The molecule has 1 amide bonds. The van der Waals surface area contributed by atoms with Crippen molar-refractivity contribution in [1.29, 1.82) is 0 Å². The molecule has 2 heterocycles. The molecule has 6 nitrogen and oxygen atoms in total. The number of pyridine rings is 1. The highest BCUT2D eigenvalue weighted by Crippen LogP contribution is 2.09. The zero-order chi connectivity index (χ0) is 17.0. The average molecular weight is 316 g/mol. The number of aryl methyl sites for hydroxylation is 3. The smallest absolute Gasteiger partial charge is 0.250 e. The van der Waals surface area contributed by atoms with Crippen LogP contribution < -0.4 is 10.9 Å². The standard InChI is InChI=1S/C17H24N4O2/c1-12-10-14(3)21(19-12)15(4)11-18-16(22)8-9-20-13(2)6-5-7-17(20)23/h5-7,10,15H,8-9,11H2,1-4H3,(H,18,22). The van der Waals surface area contributed by atoms with Crippen molar-refractivity contribution in [2.24, 2.45) is 0 Å². The highest BCUT2D eigenvalue weighted by atomic mass is 16.1. The maximum Gasteiger partial charge on any atom is 0.250 e. The van der Waals surface area contributed by atoms with Crippen LogP contribution in [-0.2, 0) is 11.3 Å². The maximum atomic E-state index is 12.0. The van der Waals surface area contributed by atoms with Gasteiger partial charge in [0.2, 0.25) is 5.91 Å². The van der Waals surface area contributed by atoms with E-state index in [1.807, 2.05) is 44.5 Å². The van der Waals surface area contributed by atoms with Gasteiger partial charge in [0.1, 0.15) is 0 Å². The third-order valence-electron chi connectivity index (χ3n) is 3.89. The number of nitrogens with zero attached hydrogens (tertiary/aromatic N) is 3. The Morgan fingerprint density at radius 1 is 1.26 bits per heavy atom. The average Bonchev–Trinajstić information content (AvgIpc) is 2.83. The lowest BCUT2D eigenvalue weighted by molar-refractivity contribution is -0.121. The number of hydrogen-bond donors (Lipinski definition) is 1. The minimum Gasteiger partial charge on any atom is -0.354 e. The Balaban J connectivity index is 1.86. The summed E-state index contributed by atoms with van der Waals surface area (Å²) in [6.45, 7) is 8.75. The largest absolute Gasteiger partial charge is 0.354 e. The van der Waals surface area contributed by atoms with Gasteiger partial charge >= 0.3 is 0 Å². The van der Waals surface area contributed by atoms with Crippen LogP contribution in [0.3, 0.4) is 0 Å². The zero-order valence-electron chi connectivity index (χ0n) is 14.2. The predicted octanol–water partition coefficient (Wildman–Crippen LogP) is 1.74. The van der Waals surface area contributed by atoms with Gasteiger partial charge in [-0.2, -0.15) is 5.10 Å². The number of carbonyl (C=O) groups excluding carboxylic acids is 1. The Bertz CT molecular complexity index is 745. The number of aromatic nitrogens is 3. The summed E-state index contributed by atoms with van der Waals surface area (Å²) in [6.07, 6.45) is 0.286. The number of amides is 1. The van der Waals surface area contributed by atoms with Crippen molar-refractivity contribution in [1.82, 2.24) is 19.7 Å². The molecule has 0 saturated carbocycles. The molecule has 2 rings (SSSR count). The second kappa shape index (κ2) is 7.26. The van der Waals surface area contributed by atoms with Crippen LogP contribution in [-0.4, -0.2) is 26.8 Å². The molecule has 0 radical (unpaired) electrons. The van der Waals surface area contributed by atoms with E-state index in [2.05, 4.69) is 10.4 Å². The van der Waals surface area contributed by atoms with Crippen molar-refractivity contribution in [2.45, 2.75) is 46.7 Å². The van der Waals surface area contributed by atoms with E-state index in [0.29, 0.717) is 13.1 Å². The third-order valence-corrected chi connectivity index (χ3v) is 3.89. The molecule has 1 N–H and O–H groups in total. The molecular weight excluding hydrogens is 292 g/mol. The first-order valence-corrected chi connectivity index (χ1v) is 7.84. The lowest BCUT2D eigenvalue weighted by Gasteiger charge is -2.15. The second-order valence-electron chi connectivity index (χ2n) is 5.93. The van der Waals surface area contributed by atoms with E-state index < -0.39 is 0 Å². The molecule has 1 atom stereocenters. The molecule has 0 bridgehead atoms. The van der Waals surface area contributed by atoms with Gasteiger partial charge in [-0.25, -0.2) is 0 Å². The number of nitrogens with one attached hydrogen (secondary N) is 1. The molecular formula is C17H24N4O2. The second-order valence-corrected chi connectivity index (χ2v) is 5.93. The summed E-state index contributed by atoms with van der Waals surface area (Å²) < 4.78 is 3.53. The van der Waals surface area contributed by atoms with Crippen molar-refractivity contribution < 1.29 is 4.79 Å². The summed E-state index contributed by atoms with van der Waals surface area (Å²) in [6, 6.07) is 7.21. The lowest BCUT2D eigenvalue weighted by atomic mass is 10.3. The summed E-state index contributed by atoms with van der Waals surface area (Å²) in [5.74, 6) is -0.0615. The first-order valence-electron chi connectivity index (χ1n) is 7.84. The number of hydrogen-bond acceptors (Lipinski definition) is 3. The number of rotatable bonds is 6. The fourth-order valence-electron chi connectivity index (χ4n) is 2.65. The van der Waals surface area contributed by atoms with Crippen molar-refractivity contribution in [3.05, 3.63) is 51.7 Å². The van der Waals surface area contributed by atoms with Crippen LogP contribution >= 0.6 is 0 Å². The molecule has 0 saturated heterocycles. The Kier molecular flexibility index (Phi) is 5.36. The number of carbonyl (C=O) groups is 1. The molecule has 0 aromatic carbocycles. The summed E-state index contributed by atoms with van der Waals surface area (Å²) in [5, 5.41) is 7.34. The van der Waals surface area contributed by atoms with E-state index in [1.54, 1.807) is 10.6 Å². The van der Waals surface area contributed by atoms with E-state index in [9.17, 15) is 9.59 Å². The first kappa shape index (κ1) is 17.0. The topological polar surface area (TPSA) is 68.9 Å². The van der Waals surface area contributed by atoms with Crippen molar-refractivity contribution >= 4 is 5.91 Å². The van der Waals surface area contributed by atoms with E-state index in [0.717, 1.165) is 17.1 Å². The fraction of sp³-hybridized carbons (Fsp3) is 0.471. The van der Waals surface area contributed by atoms with Gasteiger partial charge in [0.15, 0.2) is 0 Å². The third kappa shape index (κ3) is 4.31. The molecule has 0 aliphatic heterocycles. The van der Waals surface area contributed by atoms with Crippen molar-refractivity contribution in [2.75, 3.05) is 6.54 Å².